The predicted octanol–water partition coefficient (Wildman–Crippen LogP) is 4.99. The predicted molar refractivity (Wildman–Crippen MR) is 153 cm³/mol. The SMILES string of the molecule is COCC(=O)Nc1ccc(N2C(=S)N[C@H](c3ccccn3)[C@H]2c2cccn2-c2cccc(C(=O)O)c2)cc1Cl. The Kier molecular flexibility index (Phi) is 7.60. The first kappa shape index (κ1) is 26.4. The number of anilines is 2. The molecule has 0 aliphatic carbocycles. The fourth-order valence-corrected chi connectivity index (χ4v) is 5.23. The minimum absolute atomic E-state index is 0.0912. The third kappa shape index (κ3) is 5.35. The molecule has 0 bridgehead atoms. The van der Waals surface area contributed by atoms with E-state index in [2.05, 4.69) is 15.6 Å². The van der Waals surface area contributed by atoms with Crippen molar-refractivity contribution in [2.75, 3.05) is 23.9 Å². The van der Waals surface area contributed by atoms with Gasteiger partial charge in [0.1, 0.15) is 12.6 Å². The topological polar surface area (TPSA) is 109 Å². The number of hydrogen-bond donors (Lipinski definition) is 3. The highest BCUT2D eigenvalue weighted by Gasteiger charge is 2.42. The number of ether oxygens (including phenoxy) is 1. The summed E-state index contributed by atoms with van der Waals surface area (Å²) >= 11 is 12.4. The van der Waals surface area contributed by atoms with Crippen molar-refractivity contribution in [2.24, 2.45) is 0 Å². The van der Waals surface area contributed by atoms with Gasteiger partial charge < -0.3 is 29.9 Å². The van der Waals surface area contributed by atoms with Gasteiger partial charge in [0.2, 0.25) is 5.91 Å². The molecule has 0 unspecified atom stereocenters. The van der Waals surface area contributed by atoms with Gasteiger partial charge in [0.25, 0.3) is 0 Å². The quantitative estimate of drug-likeness (QED) is 0.258. The van der Waals surface area contributed by atoms with Crippen LogP contribution in [0.25, 0.3) is 5.69 Å². The summed E-state index contributed by atoms with van der Waals surface area (Å²) in [5.74, 6) is -1.32. The molecule has 198 valence electrons. The monoisotopic (exact) mass is 561 g/mol. The van der Waals surface area contributed by atoms with Crippen molar-refractivity contribution < 1.29 is 19.4 Å². The number of methoxy groups -OCH3 is 1. The summed E-state index contributed by atoms with van der Waals surface area (Å²) in [5, 5.41) is 16.5. The first-order valence-corrected chi connectivity index (χ1v) is 12.8. The molecule has 1 saturated heterocycles. The summed E-state index contributed by atoms with van der Waals surface area (Å²) in [6, 6.07) is 20.9. The Labute approximate surface area is 235 Å². The number of benzene rings is 2. The highest BCUT2D eigenvalue weighted by molar-refractivity contribution is 7.80. The van der Waals surface area contributed by atoms with Crippen LogP contribution in [0.2, 0.25) is 5.02 Å². The lowest BCUT2D eigenvalue weighted by atomic mass is 10.0. The second kappa shape index (κ2) is 11.2. The molecule has 4 aromatic rings. The third-order valence-corrected chi connectivity index (χ3v) is 6.96. The van der Waals surface area contributed by atoms with Gasteiger partial charge in [-0.3, -0.25) is 9.78 Å². The van der Waals surface area contributed by atoms with Gasteiger partial charge in [-0.2, -0.15) is 0 Å². The molecule has 2 aromatic carbocycles. The molecule has 2 aromatic heterocycles. The molecule has 0 radical (unpaired) electrons. The number of rotatable bonds is 8. The smallest absolute Gasteiger partial charge is 0.335 e. The summed E-state index contributed by atoms with van der Waals surface area (Å²) in [5.41, 5.74) is 3.68. The number of carboxylic acid groups (broad SMARTS) is 1. The van der Waals surface area contributed by atoms with E-state index in [4.69, 9.17) is 28.6 Å². The van der Waals surface area contributed by atoms with E-state index in [0.29, 0.717) is 27.2 Å². The molecule has 1 aliphatic rings. The molecule has 5 rings (SSSR count). The van der Waals surface area contributed by atoms with Crippen molar-refractivity contribution in [3.05, 3.63) is 107 Å². The van der Waals surface area contributed by atoms with Gasteiger partial charge in [-0.05, 0) is 72.9 Å². The van der Waals surface area contributed by atoms with Crippen molar-refractivity contribution in [3.8, 4) is 5.69 Å². The molecule has 0 spiro atoms. The number of carbonyl (C=O) groups excluding carboxylic acids is 1. The van der Waals surface area contributed by atoms with Crippen LogP contribution in [0.1, 0.15) is 33.8 Å². The van der Waals surface area contributed by atoms with E-state index in [1.54, 1.807) is 36.5 Å². The van der Waals surface area contributed by atoms with Crippen molar-refractivity contribution in [1.29, 1.82) is 0 Å². The van der Waals surface area contributed by atoms with Gasteiger partial charge in [-0.25, -0.2) is 4.79 Å². The van der Waals surface area contributed by atoms with Crippen molar-refractivity contribution >= 4 is 52.2 Å². The Hall–Kier alpha value is -4.25. The minimum Gasteiger partial charge on any atom is -0.478 e. The molecule has 1 fully saturated rings. The van der Waals surface area contributed by atoms with Crippen LogP contribution in [0.3, 0.4) is 0 Å². The molecule has 3 heterocycles. The molecule has 1 aliphatic heterocycles. The lowest BCUT2D eigenvalue weighted by Gasteiger charge is -2.29. The second-order valence-corrected chi connectivity index (χ2v) is 9.59. The van der Waals surface area contributed by atoms with Crippen LogP contribution in [0.4, 0.5) is 11.4 Å². The lowest BCUT2D eigenvalue weighted by Crippen LogP contribution is -2.30. The van der Waals surface area contributed by atoms with E-state index in [0.717, 1.165) is 11.4 Å². The number of nitrogens with zero attached hydrogens (tertiary/aromatic N) is 3. The van der Waals surface area contributed by atoms with Crippen LogP contribution < -0.4 is 15.5 Å². The number of hydrogen-bond acceptors (Lipinski definition) is 5. The fraction of sp³-hybridized carbons (Fsp3) is 0.143. The molecule has 11 heteroatoms. The van der Waals surface area contributed by atoms with E-state index >= 15 is 0 Å². The number of thiocarbonyl (C=S) groups is 1. The Bertz CT molecular complexity index is 1540. The van der Waals surface area contributed by atoms with E-state index in [-0.39, 0.29) is 30.2 Å². The Balaban J connectivity index is 1.60. The summed E-state index contributed by atoms with van der Waals surface area (Å²) in [4.78, 5) is 30.2. The average Bonchev–Trinajstić information content (AvgIpc) is 3.55. The molecular formula is C28H24ClN5O4S. The lowest BCUT2D eigenvalue weighted by molar-refractivity contribution is -0.119. The standard InChI is InChI=1S/C28H24ClN5O4S/c1-38-16-24(35)31-21-11-10-19(15-20(21)29)34-26(25(32-28(34)39)22-8-2-3-12-30-22)23-9-5-13-33(23)18-7-4-6-17(14-18)27(36)37/h2-15,25-26H,16H2,1H3,(H,31,35)(H,32,39)(H,36,37)/t25-,26-/m1/s1. The Morgan fingerprint density at radius 3 is 2.67 bits per heavy atom. The highest BCUT2D eigenvalue weighted by atomic mass is 35.5. The van der Waals surface area contributed by atoms with Crippen LogP contribution in [0, 0.1) is 0 Å². The van der Waals surface area contributed by atoms with Gasteiger partial charge in [-0.15, -0.1) is 0 Å². The first-order chi connectivity index (χ1) is 18.9. The highest BCUT2D eigenvalue weighted by Crippen LogP contribution is 2.43. The molecule has 0 saturated carbocycles. The maximum atomic E-state index is 12.0. The molecule has 3 N–H and O–H groups in total. The van der Waals surface area contributed by atoms with Crippen molar-refractivity contribution in [2.45, 2.75) is 12.1 Å². The van der Waals surface area contributed by atoms with E-state index < -0.39 is 5.97 Å². The molecule has 2 atom stereocenters. The maximum Gasteiger partial charge on any atom is 0.335 e. The molecular weight excluding hydrogens is 538 g/mol. The average molecular weight is 562 g/mol. The number of carbonyl (C=O) groups is 2. The first-order valence-electron chi connectivity index (χ1n) is 12.0. The Morgan fingerprint density at radius 2 is 1.95 bits per heavy atom. The normalized spacial score (nSPS) is 16.7. The number of aromatic nitrogens is 2. The van der Waals surface area contributed by atoms with Gasteiger partial charge in [0.15, 0.2) is 5.11 Å². The van der Waals surface area contributed by atoms with Gasteiger partial charge >= 0.3 is 5.97 Å². The van der Waals surface area contributed by atoms with Crippen LogP contribution in [0.5, 0.6) is 0 Å². The largest absolute Gasteiger partial charge is 0.478 e. The number of nitrogens with one attached hydrogen (secondary N) is 2. The zero-order valence-corrected chi connectivity index (χ0v) is 22.3. The van der Waals surface area contributed by atoms with Crippen LogP contribution >= 0.6 is 23.8 Å². The van der Waals surface area contributed by atoms with E-state index in [1.807, 2.05) is 58.1 Å². The van der Waals surface area contributed by atoms with E-state index in [1.165, 1.54) is 7.11 Å². The van der Waals surface area contributed by atoms with Gasteiger partial charge in [0.05, 0.1) is 28.0 Å². The van der Waals surface area contributed by atoms with Gasteiger partial charge in [-0.1, -0.05) is 23.7 Å². The van der Waals surface area contributed by atoms with Crippen LogP contribution in [-0.2, 0) is 9.53 Å². The number of amides is 1. The fourth-order valence-electron chi connectivity index (χ4n) is 4.67. The maximum absolute atomic E-state index is 12.0. The van der Waals surface area contributed by atoms with Crippen molar-refractivity contribution in [1.82, 2.24) is 14.9 Å². The summed E-state index contributed by atoms with van der Waals surface area (Å²) in [7, 11) is 1.44. The minimum atomic E-state index is -1.01. The third-order valence-electron chi connectivity index (χ3n) is 6.33. The number of carboxylic acids is 1. The molecule has 9 nitrogen and oxygen atoms in total. The van der Waals surface area contributed by atoms with Crippen LogP contribution in [0.15, 0.2) is 85.2 Å². The second-order valence-electron chi connectivity index (χ2n) is 8.80. The molecule has 1 amide bonds. The number of halogens is 1. The molecule has 39 heavy (non-hydrogen) atoms. The number of aromatic carboxylic acids is 1. The zero-order chi connectivity index (χ0) is 27.5. The van der Waals surface area contributed by atoms with Gasteiger partial charge in [0, 0.05) is 36.6 Å². The summed E-state index contributed by atoms with van der Waals surface area (Å²) in [6.07, 6.45) is 3.61. The zero-order valence-electron chi connectivity index (χ0n) is 20.7. The van der Waals surface area contributed by atoms with Crippen LogP contribution in [-0.4, -0.2) is 45.4 Å². The van der Waals surface area contributed by atoms with Crippen molar-refractivity contribution in [3.63, 3.8) is 0 Å². The summed E-state index contributed by atoms with van der Waals surface area (Å²) in [6.45, 7) is -0.0912. The summed E-state index contributed by atoms with van der Waals surface area (Å²) < 4.78 is 6.82. The Morgan fingerprint density at radius 1 is 1.10 bits per heavy atom. The number of pyridine rings is 1. The van der Waals surface area contributed by atoms with E-state index in [9.17, 15) is 14.7 Å².